The topological polar surface area (TPSA) is 37.4 Å². The van der Waals surface area contributed by atoms with E-state index in [0.29, 0.717) is 12.5 Å². The van der Waals surface area contributed by atoms with E-state index in [-0.39, 0.29) is 5.75 Å². The zero-order chi connectivity index (χ0) is 10.6. The minimum absolute atomic E-state index is 0.0950. The molecular weight excluding hydrogens is 222 g/mol. The molecule has 1 fully saturated rings. The van der Waals surface area contributed by atoms with Gasteiger partial charge in [-0.15, -0.1) is 0 Å². The zero-order valence-corrected chi connectivity index (χ0v) is 10.1. The minimum atomic E-state index is -3.30. The fourth-order valence-corrected chi connectivity index (χ4v) is 2.73. The van der Waals surface area contributed by atoms with Crippen LogP contribution < -0.4 is 0 Å². The van der Waals surface area contributed by atoms with Crippen LogP contribution in [0, 0.1) is 0 Å². The summed E-state index contributed by atoms with van der Waals surface area (Å²) in [5.41, 5.74) is 0. The second kappa shape index (κ2) is 5.33. The molecule has 5 heteroatoms. The van der Waals surface area contributed by atoms with Crippen LogP contribution in [-0.4, -0.2) is 38.2 Å². The summed E-state index contributed by atoms with van der Waals surface area (Å²) >= 11 is 0. The van der Waals surface area contributed by atoms with E-state index in [1.807, 2.05) is 0 Å². The first kappa shape index (κ1) is 12.3. The molecule has 0 unspecified atom stereocenters. The third kappa shape index (κ3) is 4.62. The Morgan fingerprint density at radius 3 is 2.71 bits per heavy atom. The molecule has 0 amide bonds. The van der Waals surface area contributed by atoms with Crippen molar-refractivity contribution in [2.45, 2.75) is 38.6 Å². The van der Waals surface area contributed by atoms with E-state index in [4.69, 9.17) is 10.7 Å². The predicted molar refractivity (Wildman–Crippen MR) is 59.1 cm³/mol. The Hall–Kier alpha value is 0.200. The van der Waals surface area contributed by atoms with Crippen molar-refractivity contribution in [3.05, 3.63) is 0 Å². The molecule has 0 aromatic rings. The van der Waals surface area contributed by atoms with Crippen LogP contribution in [0.2, 0.25) is 0 Å². The van der Waals surface area contributed by atoms with Gasteiger partial charge in [-0.1, -0.05) is 6.42 Å². The van der Waals surface area contributed by atoms with E-state index in [2.05, 4.69) is 11.8 Å². The third-order valence-electron chi connectivity index (χ3n) is 2.77. The molecule has 0 N–H and O–H groups in total. The van der Waals surface area contributed by atoms with Crippen molar-refractivity contribution in [2.75, 3.05) is 18.8 Å². The van der Waals surface area contributed by atoms with Crippen molar-refractivity contribution in [3.63, 3.8) is 0 Å². The lowest BCUT2D eigenvalue weighted by Crippen LogP contribution is -2.38. The molecule has 0 aromatic heterocycles. The summed E-state index contributed by atoms with van der Waals surface area (Å²) < 4.78 is 21.4. The van der Waals surface area contributed by atoms with E-state index in [9.17, 15) is 8.42 Å². The summed E-state index contributed by atoms with van der Waals surface area (Å²) in [6, 6.07) is 0.599. The number of hydrogen-bond acceptors (Lipinski definition) is 3. The lowest BCUT2D eigenvalue weighted by molar-refractivity contribution is 0.161. The Kier molecular flexibility index (Phi) is 4.67. The van der Waals surface area contributed by atoms with E-state index >= 15 is 0 Å². The van der Waals surface area contributed by atoms with Gasteiger partial charge in [0.05, 0.1) is 5.75 Å². The van der Waals surface area contributed by atoms with Crippen molar-refractivity contribution in [3.8, 4) is 0 Å². The fourth-order valence-electron chi connectivity index (χ4n) is 1.93. The summed E-state index contributed by atoms with van der Waals surface area (Å²) in [5, 5.41) is 0. The third-order valence-corrected chi connectivity index (χ3v) is 4.01. The van der Waals surface area contributed by atoms with Gasteiger partial charge in [0.2, 0.25) is 9.05 Å². The van der Waals surface area contributed by atoms with Crippen LogP contribution in [0.4, 0.5) is 0 Å². The maximum Gasteiger partial charge on any atom is 0.232 e. The second-order valence-corrected chi connectivity index (χ2v) is 6.87. The molecule has 0 aromatic carbocycles. The van der Waals surface area contributed by atoms with Crippen LogP contribution in [0.15, 0.2) is 0 Å². The number of hydrogen-bond donors (Lipinski definition) is 0. The Balaban J connectivity index is 2.23. The highest BCUT2D eigenvalue weighted by Crippen LogP contribution is 2.16. The molecule has 1 saturated heterocycles. The molecule has 0 bridgehead atoms. The number of nitrogens with zero attached hydrogens (tertiary/aromatic N) is 1. The Morgan fingerprint density at radius 1 is 1.43 bits per heavy atom. The van der Waals surface area contributed by atoms with Gasteiger partial charge in [0.15, 0.2) is 0 Å². The van der Waals surface area contributed by atoms with Crippen molar-refractivity contribution in [2.24, 2.45) is 0 Å². The van der Waals surface area contributed by atoms with Crippen LogP contribution in [-0.2, 0) is 9.05 Å². The van der Waals surface area contributed by atoms with Crippen molar-refractivity contribution in [1.82, 2.24) is 4.90 Å². The molecule has 14 heavy (non-hydrogen) atoms. The van der Waals surface area contributed by atoms with Gasteiger partial charge in [-0.2, -0.15) is 0 Å². The summed E-state index contributed by atoms with van der Waals surface area (Å²) in [5.74, 6) is 0.0950. The van der Waals surface area contributed by atoms with Gasteiger partial charge < -0.3 is 4.90 Å². The van der Waals surface area contributed by atoms with E-state index in [1.54, 1.807) is 0 Å². The predicted octanol–water partition coefficient (Wildman–Crippen LogP) is 1.82. The van der Waals surface area contributed by atoms with Crippen LogP contribution in [0.3, 0.4) is 0 Å². The maximum atomic E-state index is 10.7. The molecule has 0 saturated carbocycles. The van der Waals surface area contributed by atoms with Gasteiger partial charge >= 0.3 is 0 Å². The first-order valence-corrected chi connectivity index (χ1v) is 7.63. The molecule has 84 valence electrons. The second-order valence-electron chi connectivity index (χ2n) is 3.98. The summed E-state index contributed by atoms with van der Waals surface area (Å²) in [6.07, 6.45) is 4.41. The first-order valence-electron chi connectivity index (χ1n) is 5.15. The zero-order valence-electron chi connectivity index (χ0n) is 8.58. The Bertz CT molecular complexity index is 266. The maximum absolute atomic E-state index is 10.7. The highest BCUT2D eigenvalue weighted by Gasteiger charge is 2.18. The number of halogens is 1. The van der Waals surface area contributed by atoms with Gasteiger partial charge in [0.1, 0.15) is 0 Å². The van der Waals surface area contributed by atoms with Crippen LogP contribution in [0.5, 0.6) is 0 Å². The van der Waals surface area contributed by atoms with Crippen molar-refractivity contribution < 1.29 is 8.42 Å². The molecular formula is C9H18ClNO2S. The monoisotopic (exact) mass is 239 g/mol. The largest absolute Gasteiger partial charge is 0.301 e. The van der Waals surface area contributed by atoms with Crippen LogP contribution >= 0.6 is 10.7 Å². The summed E-state index contributed by atoms with van der Waals surface area (Å²) in [6.45, 7) is 4.16. The van der Waals surface area contributed by atoms with Gasteiger partial charge in [0.25, 0.3) is 0 Å². The smallest absolute Gasteiger partial charge is 0.232 e. The van der Waals surface area contributed by atoms with Crippen LogP contribution in [0.25, 0.3) is 0 Å². The number of likely N-dealkylation sites (tertiary alicyclic amines) is 1. The van der Waals surface area contributed by atoms with Crippen molar-refractivity contribution in [1.29, 1.82) is 0 Å². The van der Waals surface area contributed by atoms with Gasteiger partial charge in [-0.3, -0.25) is 0 Å². The highest BCUT2D eigenvalue weighted by molar-refractivity contribution is 8.13. The number of piperidine rings is 1. The quantitative estimate of drug-likeness (QED) is 0.703. The molecule has 1 heterocycles. The Labute approximate surface area is 90.8 Å². The van der Waals surface area contributed by atoms with Crippen molar-refractivity contribution >= 4 is 19.7 Å². The molecule has 1 atom stereocenters. The molecule has 0 radical (unpaired) electrons. The average Bonchev–Trinajstić information content (AvgIpc) is 2.06. The number of rotatable bonds is 4. The normalized spacial score (nSPS) is 25.1. The molecule has 0 aliphatic carbocycles. The highest BCUT2D eigenvalue weighted by atomic mass is 35.7. The van der Waals surface area contributed by atoms with Crippen LogP contribution in [0.1, 0.15) is 32.6 Å². The van der Waals surface area contributed by atoms with E-state index in [1.165, 1.54) is 19.3 Å². The summed E-state index contributed by atoms with van der Waals surface area (Å²) in [4.78, 5) is 2.35. The molecule has 1 rings (SSSR count). The average molecular weight is 240 g/mol. The minimum Gasteiger partial charge on any atom is -0.301 e. The molecule has 0 spiro atoms. The SMILES string of the molecule is C[C@@H]1CCCCN1CCCS(=O)(=O)Cl. The Morgan fingerprint density at radius 2 is 2.14 bits per heavy atom. The molecule has 1 aliphatic rings. The first-order chi connectivity index (χ1) is 6.49. The molecule has 1 aliphatic heterocycles. The lowest BCUT2D eigenvalue weighted by Gasteiger charge is -2.33. The van der Waals surface area contributed by atoms with Gasteiger partial charge in [-0.05, 0) is 39.3 Å². The van der Waals surface area contributed by atoms with E-state index < -0.39 is 9.05 Å². The van der Waals surface area contributed by atoms with Gasteiger partial charge in [-0.25, -0.2) is 8.42 Å². The summed E-state index contributed by atoms with van der Waals surface area (Å²) in [7, 11) is 1.84. The lowest BCUT2D eigenvalue weighted by atomic mass is 10.0. The molecule has 3 nitrogen and oxygen atoms in total. The van der Waals surface area contributed by atoms with E-state index in [0.717, 1.165) is 13.1 Å². The standard InChI is InChI=1S/C9H18ClNO2S/c1-9-5-2-3-6-11(9)7-4-8-14(10,12)13/h9H,2-8H2,1H3/t9-/m1/s1. The van der Waals surface area contributed by atoms with Gasteiger partial charge in [0, 0.05) is 16.7 Å². The fraction of sp³-hybridized carbons (Fsp3) is 1.00.